The molecule has 1 aliphatic rings. The summed E-state index contributed by atoms with van der Waals surface area (Å²) < 4.78 is 16.1. The molecule has 1 unspecified atom stereocenters. The quantitative estimate of drug-likeness (QED) is 0.320. The molecule has 1 aromatic rings. The maximum atomic E-state index is 12.7. The second-order valence-electron chi connectivity index (χ2n) is 7.82. The van der Waals surface area contributed by atoms with Crippen molar-refractivity contribution < 1.29 is 33.7 Å². The van der Waals surface area contributed by atoms with E-state index in [0.717, 1.165) is 17.7 Å². The minimum absolute atomic E-state index is 0.00409. The first-order valence-electron chi connectivity index (χ1n) is 10.2. The molecule has 0 aromatic heterocycles. The third-order valence-corrected chi connectivity index (χ3v) is 6.16. The zero-order valence-electron chi connectivity index (χ0n) is 17.9. The third-order valence-electron chi connectivity index (χ3n) is 5.04. The minimum Gasteiger partial charge on any atom is -0.415 e. The molecule has 0 bridgehead atoms. The zero-order chi connectivity index (χ0) is 21.9. The van der Waals surface area contributed by atoms with E-state index < -0.39 is 6.10 Å². The molecule has 2 rings (SSSR count). The number of carbonyl (C=O) groups is 1. The minimum atomic E-state index is -0.547. The van der Waals surface area contributed by atoms with Gasteiger partial charge in [-0.2, -0.15) is 21.0 Å². The molecule has 7 nitrogen and oxygen atoms in total. The van der Waals surface area contributed by atoms with Crippen LogP contribution in [0.3, 0.4) is 0 Å². The van der Waals surface area contributed by atoms with E-state index in [-0.39, 0.29) is 35.9 Å². The lowest BCUT2D eigenvalue weighted by Crippen LogP contribution is -2.51. The van der Waals surface area contributed by atoms with Crippen LogP contribution < -0.4 is 0 Å². The van der Waals surface area contributed by atoms with Crippen molar-refractivity contribution in [2.24, 2.45) is 0 Å². The average Bonchev–Trinajstić information content (AvgIpc) is 3.55. The fraction of sp³-hybridized carbons (Fsp3) is 0.591. The SMILES string of the molecule is CC(C)(CCSCC(O)COCCOCCO)[N+]1(C(=O)OCc2ccccc2)C=C1. The monoisotopic (exact) mass is 440 g/mol. The van der Waals surface area contributed by atoms with E-state index in [1.807, 2.05) is 42.7 Å². The lowest BCUT2D eigenvalue weighted by molar-refractivity contribution is -0.751. The maximum Gasteiger partial charge on any atom is 0.526 e. The summed E-state index contributed by atoms with van der Waals surface area (Å²) in [4.78, 5) is 12.7. The zero-order valence-corrected chi connectivity index (χ0v) is 18.7. The smallest absolute Gasteiger partial charge is 0.415 e. The number of amides is 1. The van der Waals surface area contributed by atoms with Gasteiger partial charge in [0.25, 0.3) is 0 Å². The first kappa shape index (κ1) is 24.8. The summed E-state index contributed by atoms with van der Waals surface area (Å²) in [7, 11) is 0. The predicted octanol–water partition coefficient (Wildman–Crippen LogP) is 2.91. The summed E-state index contributed by atoms with van der Waals surface area (Å²) >= 11 is 1.64. The van der Waals surface area contributed by atoms with Crippen LogP contribution in [0.2, 0.25) is 0 Å². The molecule has 1 aliphatic heterocycles. The van der Waals surface area contributed by atoms with E-state index >= 15 is 0 Å². The molecule has 0 fully saturated rings. The van der Waals surface area contributed by atoms with E-state index in [1.165, 1.54) is 0 Å². The number of carbonyl (C=O) groups excluding carboxylic acids is 1. The van der Waals surface area contributed by atoms with E-state index in [4.69, 9.17) is 19.3 Å². The van der Waals surface area contributed by atoms with Crippen molar-refractivity contribution >= 4 is 17.9 Å². The van der Waals surface area contributed by atoms with Gasteiger partial charge in [-0.1, -0.05) is 30.3 Å². The standard InChI is InChI=1S/C22H34NO6S/c1-22(2,8-15-30-18-20(25)17-28-14-13-27-12-11-24)23(9-10-23)21(26)29-16-19-6-4-3-5-7-19/h3-7,9-10,20,24-25H,8,11-18H2,1-2H3/q+1. The van der Waals surface area contributed by atoms with Crippen molar-refractivity contribution in [1.29, 1.82) is 0 Å². The summed E-state index contributed by atoms with van der Waals surface area (Å²) in [6.07, 6.45) is 3.74. The van der Waals surface area contributed by atoms with Crippen molar-refractivity contribution in [3.05, 3.63) is 48.3 Å². The first-order valence-corrected chi connectivity index (χ1v) is 11.4. The van der Waals surface area contributed by atoms with Crippen LogP contribution >= 0.6 is 11.8 Å². The van der Waals surface area contributed by atoms with Gasteiger partial charge in [-0.25, -0.2) is 0 Å². The number of quaternary nitrogens is 1. The Morgan fingerprint density at radius 1 is 1.13 bits per heavy atom. The Bertz CT molecular complexity index is 661. The Hall–Kier alpha value is -1.42. The summed E-state index contributed by atoms with van der Waals surface area (Å²) in [6, 6.07) is 9.66. The highest BCUT2D eigenvalue weighted by Gasteiger charge is 2.57. The molecule has 8 heteroatoms. The molecular weight excluding hydrogens is 406 g/mol. The Labute approximate surface area is 183 Å². The molecule has 168 valence electrons. The van der Waals surface area contributed by atoms with Gasteiger partial charge < -0.3 is 24.4 Å². The van der Waals surface area contributed by atoms with Crippen molar-refractivity contribution in [2.75, 3.05) is 44.5 Å². The van der Waals surface area contributed by atoms with Crippen LogP contribution in [-0.4, -0.2) is 77.0 Å². The number of ether oxygens (including phenoxy) is 3. The Kier molecular flexibility index (Phi) is 10.3. The second-order valence-corrected chi connectivity index (χ2v) is 8.97. The molecule has 0 saturated carbocycles. The number of thioether (sulfide) groups is 1. The van der Waals surface area contributed by atoms with Gasteiger partial charge >= 0.3 is 6.09 Å². The summed E-state index contributed by atoms with van der Waals surface area (Å²) in [5, 5.41) is 18.6. The fourth-order valence-electron chi connectivity index (χ4n) is 2.94. The van der Waals surface area contributed by atoms with E-state index in [9.17, 15) is 9.90 Å². The second kappa shape index (κ2) is 12.4. The van der Waals surface area contributed by atoms with Gasteiger partial charge in [0.15, 0.2) is 12.4 Å². The van der Waals surface area contributed by atoms with E-state index in [2.05, 4.69) is 13.8 Å². The molecular formula is C22H34NO6S+. The topological polar surface area (TPSA) is 85.2 Å². The number of hydrogen-bond donors (Lipinski definition) is 2. The van der Waals surface area contributed by atoms with Crippen LogP contribution in [0.15, 0.2) is 42.7 Å². The Morgan fingerprint density at radius 3 is 2.50 bits per heavy atom. The number of nitrogens with zero attached hydrogens (tertiary/aromatic N) is 1. The van der Waals surface area contributed by atoms with Gasteiger partial charge in [0, 0.05) is 12.2 Å². The largest absolute Gasteiger partial charge is 0.526 e. The molecule has 0 saturated heterocycles. The molecule has 2 N–H and O–H groups in total. The number of rotatable bonds is 15. The lowest BCUT2D eigenvalue weighted by Gasteiger charge is -2.32. The van der Waals surface area contributed by atoms with Gasteiger partial charge in [-0.3, -0.25) is 0 Å². The fourth-order valence-corrected chi connectivity index (χ4v) is 4.12. The number of hydrogen-bond acceptors (Lipinski definition) is 7. The van der Waals surface area contributed by atoms with Gasteiger partial charge in [0.2, 0.25) is 0 Å². The summed E-state index contributed by atoms with van der Waals surface area (Å²) in [5.41, 5.74) is 0.655. The molecule has 30 heavy (non-hydrogen) atoms. The highest BCUT2D eigenvalue weighted by atomic mass is 32.2. The molecule has 1 amide bonds. The Balaban J connectivity index is 1.63. The number of aliphatic hydroxyl groups excluding tert-OH is 2. The van der Waals surface area contributed by atoms with Crippen LogP contribution in [0.4, 0.5) is 4.79 Å². The molecule has 1 aromatic carbocycles. The van der Waals surface area contributed by atoms with Gasteiger partial charge in [0.05, 0.1) is 39.1 Å². The highest BCUT2D eigenvalue weighted by molar-refractivity contribution is 7.99. The van der Waals surface area contributed by atoms with Crippen molar-refractivity contribution in [3.8, 4) is 0 Å². The number of benzene rings is 1. The molecule has 1 heterocycles. The van der Waals surface area contributed by atoms with Crippen LogP contribution in [0.1, 0.15) is 25.8 Å². The third kappa shape index (κ3) is 7.68. The number of aliphatic hydroxyl groups is 2. The van der Waals surface area contributed by atoms with Crippen molar-refractivity contribution in [2.45, 2.75) is 38.5 Å². The van der Waals surface area contributed by atoms with Crippen LogP contribution in [0, 0.1) is 0 Å². The van der Waals surface area contributed by atoms with Crippen LogP contribution in [-0.2, 0) is 20.8 Å². The molecule has 0 spiro atoms. The summed E-state index contributed by atoms with van der Waals surface area (Å²) in [6.45, 7) is 5.73. The molecule has 0 aliphatic carbocycles. The molecule has 0 radical (unpaired) electrons. The van der Waals surface area contributed by atoms with Crippen LogP contribution in [0.5, 0.6) is 0 Å². The Morgan fingerprint density at radius 2 is 1.83 bits per heavy atom. The normalized spacial score (nSPS) is 15.7. The summed E-state index contributed by atoms with van der Waals surface area (Å²) in [5.74, 6) is 1.39. The van der Waals surface area contributed by atoms with E-state index in [0.29, 0.717) is 25.6 Å². The van der Waals surface area contributed by atoms with Crippen LogP contribution in [0.25, 0.3) is 0 Å². The van der Waals surface area contributed by atoms with Crippen molar-refractivity contribution in [3.63, 3.8) is 0 Å². The maximum absolute atomic E-state index is 12.7. The highest BCUT2D eigenvalue weighted by Crippen LogP contribution is 2.40. The van der Waals surface area contributed by atoms with Gasteiger partial charge in [-0.15, -0.1) is 0 Å². The molecule has 1 atom stereocenters. The lowest BCUT2D eigenvalue weighted by atomic mass is 9.99. The van der Waals surface area contributed by atoms with Gasteiger partial charge in [-0.05, 0) is 25.2 Å². The first-order chi connectivity index (χ1) is 14.4. The predicted molar refractivity (Wildman–Crippen MR) is 117 cm³/mol. The van der Waals surface area contributed by atoms with E-state index in [1.54, 1.807) is 11.8 Å². The average molecular weight is 441 g/mol. The van der Waals surface area contributed by atoms with Crippen molar-refractivity contribution in [1.82, 2.24) is 0 Å². The van der Waals surface area contributed by atoms with Gasteiger partial charge in [0.1, 0.15) is 12.1 Å².